The highest BCUT2D eigenvalue weighted by molar-refractivity contribution is 5.89. The van der Waals surface area contributed by atoms with Gasteiger partial charge in [0.15, 0.2) is 0 Å². The number of anilines is 1. The van der Waals surface area contributed by atoms with Crippen molar-refractivity contribution in [2.45, 2.75) is 31.4 Å². The Balaban J connectivity index is 2.14. The third-order valence-electron chi connectivity index (χ3n) is 3.04. The molecule has 1 aliphatic carbocycles. The number of rotatable bonds is 3. The Bertz CT molecular complexity index is 434. The summed E-state index contributed by atoms with van der Waals surface area (Å²) >= 11 is 0. The summed E-state index contributed by atoms with van der Waals surface area (Å²) < 4.78 is 5.71. The van der Waals surface area contributed by atoms with Gasteiger partial charge in [0, 0.05) is 6.04 Å². The standard InChI is InChI=1S/C12H16N2O3/c13-8-2-1-3-10(8)17-11-5-4-7(12(15)16)6-9(11)14/h4-6,8,10H,1-3,13-14H2,(H,15,16). The molecule has 0 spiro atoms. The molecule has 92 valence electrons. The SMILES string of the molecule is Nc1cc(C(=O)O)ccc1OC1CCCC1N. The first-order valence-corrected chi connectivity index (χ1v) is 5.63. The van der Waals surface area contributed by atoms with Gasteiger partial charge in [-0.15, -0.1) is 0 Å². The summed E-state index contributed by atoms with van der Waals surface area (Å²) in [6, 6.07) is 4.50. The van der Waals surface area contributed by atoms with E-state index >= 15 is 0 Å². The number of hydrogen-bond donors (Lipinski definition) is 3. The van der Waals surface area contributed by atoms with Gasteiger partial charge in [-0.1, -0.05) is 0 Å². The molecule has 1 aliphatic rings. The zero-order chi connectivity index (χ0) is 12.4. The Morgan fingerprint density at radius 1 is 1.41 bits per heavy atom. The molecule has 1 fully saturated rings. The second-order valence-electron chi connectivity index (χ2n) is 4.31. The molecule has 17 heavy (non-hydrogen) atoms. The first-order chi connectivity index (χ1) is 8.08. The highest BCUT2D eigenvalue weighted by atomic mass is 16.5. The zero-order valence-electron chi connectivity index (χ0n) is 9.43. The van der Waals surface area contributed by atoms with Gasteiger partial charge >= 0.3 is 5.97 Å². The van der Waals surface area contributed by atoms with Crippen LogP contribution in [0.3, 0.4) is 0 Å². The summed E-state index contributed by atoms with van der Waals surface area (Å²) in [4.78, 5) is 10.7. The Morgan fingerprint density at radius 2 is 2.18 bits per heavy atom. The number of benzene rings is 1. The van der Waals surface area contributed by atoms with Crippen molar-refractivity contribution in [3.05, 3.63) is 23.8 Å². The molecule has 5 heteroatoms. The first-order valence-electron chi connectivity index (χ1n) is 5.63. The zero-order valence-corrected chi connectivity index (χ0v) is 9.43. The van der Waals surface area contributed by atoms with Crippen molar-refractivity contribution >= 4 is 11.7 Å². The molecule has 0 heterocycles. The second kappa shape index (κ2) is 4.63. The van der Waals surface area contributed by atoms with Crippen LogP contribution in [0.2, 0.25) is 0 Å². The van der Waals surface area contributed by atoms with Crippen LogP contribution in [-0.2, 0) is 0 Å². The second-order valence-corrected chi connectivity index (χ2v) is 4.31. The minimum atomic E-state index is -0.999. The lowest BCUT2D eigenvalue weighted by molar-refractivity contribution is 0.0697. The molecule has 0 aliphatic heterocycles. The molecular formula is C12H16N2O3. The van der Waals surface area contributed by atoms with Gasteiger partial charge in [-0.05, 0) is 37.5 Å². The summed E-state index contributed by atoms with van der Waals surface area (Å²) in [6.45, 7) is 0. The maximum absolute atomic E-state index is 10.7. The molecule has 0 radical (unpaired) electrons. The van der Waals surface area contributed by atoms with Crippen molar-refractivity contribution in [2.75, 3.05) is 5.73 Å². The summed E-state index contributed by atoms with van der Waals surface area (Å²) in [6.07, 6.45) is 2.91. The highest BCUT2D eigenvalue weighted by Gasteiger charge is 2.26. The molecular weight excluding hydrogens is 220 g/mol. The van der Waals surface area contributed by atoms with Crippen LogP contribution < -0.4 is 16.2 Å². The normalized spacial score (nSPS) is 23.6. The molecule has 2 unspecified atom stereocenters. The monoisotopic (exact) mass is 236 g/mol. The van der Waals surface area contributed by atoms with E-state index in [0.717, 1.165) is 19.3 Å². The van der Waals surface area contributed by atoms with E-state index in [0.29, 0.717) is 11.4 Å². The maximum atomic E-state index is 10.7. The third-order valence-corrected chi connectivity index (χ3v) is 3.04. The Labute approximate surface area is 99.4 Å². The van der Waals surface area contributed by atoms with Crippen molar-refractivity contribution in [3.8, 4) is 5.75 Å². The molecule has 0 saturated heterocycles. The molecule has 5 nitrogen and oxygen atoms in total. The van der Waals surface area contributed by atoms with Crippen LogP contribution >= 0.6 is 0 Å². The molecule has 2 atom stereocenters. The first kappa shape index (κ1) is 11.7. The number of ether oxygens (including phenoxy) is 1. The molecule has 0 aromatic heterocycles. The van der Waals surface area contributed by atoms with Gasteiger partial charge in [-0.3, -0.25) is 0 Å². The number of nitrogens with two attached hydrogens (primary N) is 2. The van der Waals surface area contributed by atoms with E-state index in [1.54, 1.807) is 6.07 Å². The summed E-state index contributed by atoms with van der Waals surface area (Å²) in [7, 11) is 0. The van der Waals surface area contributed by atoms with Gasteiger partial charge in [0.25, 0.3) is 0 Å². The quantitative estimate of drug-likeness (QED) is 0.685. The van der Waals surface area contributed by atoms with Crippen LogP contribution in [0.5, 0.6) is 5.75 Å². The van der Waals surface area contributed by atoms with E-state index in [9.17, 15) is 4.79 Å². The third kappa shape index (κ3) is 2.50. The molecule has 5 N–H and O–H groups in total. The molecule has 0 amide bonds. The fourth-order valence-corrected chi connectivity index (χ4v) is 2.05. The Hall–Kier alpha value is -1.75. The molecule has 1 aromatic carbocycles. The average Bonchev–Trinajstić information content (AvgIpc) is 2.67. The summed E-state index contributed by atoms with van der Waals surface area (Å²) in [5, 5.41) is 8.81. The smallest absolute Gasteiger partial charge is 0.335 e. The van der Waals surface area contributed by atoms with Crippen LogP contribution in [0, 0.1) is 0 Å². The predicted molar refractivity (Wildman–Crippen MR) is 64.1 cm³/mol. The van der Waals surface area contributed by atoms with Gasteiger partial charge < -0.3 is 21.3 Å². The van der Waals surface area contributed by atoms with Crippen LogP contribution in [0.25, 0.3) is 0 Å². The molecule has 2 rings (SSSR count). The van der Waals surface area contributed by atoms with Crippen molar-refractivity contribution in [2.24, 2.45) is 5.73 Å². The number of aromatic carboxylic acids is 1. The average molecular weight is 236 g/mol. The lowest BCUT2D eigenvalue weighted by atomic mass is 10.2. The summed E-state index contributed by atoms with van der Waals surface area (Å²) in [5.41, 5.74) is 12.1. The number of nitrogen functional groups attached to an aromatic ring is 1. The van der Waals surface area contributed by atoms with Crippen molar-refractivity contribution in [3.63, 3.8) is 0 Å². The largest absolute Gasteiger partial charge is 0.487 e. The van der Waals surface area contributed by atoms with E-state index in [2.05, 4.69) is 0 Å². The van der Waals surface area contributed by atoms with Crippen LogP contribution in [0.4, 0.5) is 5.69 Å². The highest BCUT2D eigenvalue weighted by Crippen LogP contribution is 2.28. The topological polar surface area (TPSA) is 98.6 Å². The number of hydrogen-bond acceptors (Lipinski definition) is 4. The fraction of sp³-hybridized carbons (Fsp3) is 0.417. The summed E-state index contributed by atoms with van der Waals surface area (Å²) in [5.74, 6) is -0.488. The van der Waals surface area contributed by atoms with E-state index in [1.807, 2.05) is 0 Å². The Morgan fingerprint density at radius 3 is 2.71 bits per heavy atom. The molecule has 0 bridgehead atoms. The minimum Gasteiger partial charge on any atom is -0.487 e. The minimum absolute atomic E-state index is 0.0204. The van der Waals surface area contributed by atoms with Crippen molar-refractivity contribution in [1.29, 1.82) is 0 Å². The van der Waals surface area contributed by atoms with E-state index in [-0.39, 0.29) is 17.7 Å². The number of carboxylic acids is 1. The van der Waals surface area contributed by atoms with Crippen LogP contribution in [0.1, 0.15) is 29.6 Å². The lowest BCUT2D eigenvalue weighted by Gasteiger charge is -2.19. The van der Waals surface area contributed by atoms with Gasteiger partial charge in [-0.2, -0.15) is 0 Å². The van der Waals surface area contributed by atoms with Gasteiger partial charge in [0.05, 0.1) is 11.3 Å². The molecule has 1 aromatic rings. The van der Waals surface area contributed by atoms with E-state index < -0.39 is 5.97 Å². The van der Waals surface area contributed by atoms with Crippen molar-refractivity contribution < 1.29 is 14.6 Å². The van der Waals surface area contributed by atoms with Gasteiger partial charge in [0.1, 0.15) is 11.9 Å². The maximum Gasteiger partial charge on any atom is 0.335 e. The predicted octanol–water partition coefficient (Wildman–Crippen LogP) is 1.23. The lowest BCUT2D eigenvalue weighted by Crippen LogP contribution is -2.33. The molecule has 1 saturated carbocycles. The van der Waals surface area contributed by atoms with E-state index in [1.165, 1.54) is 12.1 Å². The van der Waals surface area contributed by atoms with Crippen LogP contribution in [-0.4, -0.2) is 23.2 Å². The van der Waals surface area contributed by atoms with E-state index in [4.69, 9.17) is 21.3 Å². The Kier molecular flexibility index (Phi) is 3.19. The van der Waals surface area contributed by atoms with Gasteiger partial charge in [0.2, 0.25) is 0 Å². The van der Waals surface area contributed by atoms with Gasteiger partial charge in [-0.25, -0.2) is 4.79 Å². The number of carboxylic acid groups (broad SMARTS) is 1. The van der Waals surface area contributed by atoms with Crippen LogP contribution in [0.15, 0.2) is 18.2 Å². The fourth-order valence-electron chi connectivity index (χ4n) is 2.05. The number of carbonyl (C=O) groups is 1. The van der Waals surface area contributed by atoms with Crippen molar-refractivity contribution in [1.82, 2.24) is 0 Å².